The fourth-order valence-electron chi connectivity index (χ4n) is 4.23. The molecule has 2 aliphatic rings. The largest absolute Gasteiger partial charge is 0.508 e. The minimum Gasteiger partial charge on any atom is -0.508 e. The van der Waals surface area contributed by atoms with Crippen LogP contribution >= 0.6 is 0 Å². The lowest BCUT2D eigenvalue weighted by Gasteiger charge is -2.19. The number of hydrogen-bond donors (Lipinski definition) is 3. The molecule has 2 bridgehead atoms. The summed E-state index contributed by atoms with van der Waals surface area (Å²) in [5, 5.41) is 19.4. The number of nitrogens with zero attached hydrogens (tertiary/aromatic N) is 1. The maximum atomic E-state index is 12.3. The number of phenols is 1. The van der Waals surface area contributed by atoms with Crippen molar-refractivity contribution in [2.24, 2.45) is 11.8 Å². The van der Waals surface area contributed by atoms with Gasteiger partial charge in [0.2, 0.25) is 0 Å². The van der Waals surface area contributed by atoms with E-state index in [4.69, 9.17) is 4.74 Å². The van der Waals surface area contributed by atoms with Gasteiger partial charge in [-0.05, 0) is 62.3 Å². The number of amides is 1. The lowest BCUT2D eigenvalue weighted by atomic mass is 9.86. The minimum atomic E-state index is -0.660. The Bertz CT molecular complexity index is 756. The van der Waals surface area contributed by atoms with Gasteiger partial charge in [-0.3, -0.25) is 9.89 Å². The first-order valence-electron chi connectivity index (χ1n) is 8.90. The molecule has 0 radical (unpaired) electrons. The van der Waals surface area contributed by atoms with Gasteiger partial charge in [0, 0.05) is 17.7 Å². The number of nitrogens with one attached hydrogen (secondary N) is 2. The Balaban J connectivity index is 1.35. The zero-order valence-corrected chi connectivity index (χ0v) is 14.2. The highest BCUT2D eigenvalue weighted by atomic mass is 16.5. The van der Waals surface area contributed by atoms with Crippen LogP contribution in [0.1, 0.15) is 44.2 Å². The van der Waals surface area contributed by atoms with Crippen LogP contribution in [0.2, 0.25) is 0 Å². The van der Waals surface area contributed by atoms with E-state index in [0.29, 0.717) is 17.5 Å². The number of aromatic nitrogens is 2. The van der Waals surface area contributed by atoms with Gasteiger partial charge in [-0.1, -0.05) is 6.42 Å². The highest BCUT2D eigenvalue weighted by molar-refractivity contribution is 5.93. The summed E-state index contributed by atoms with van der Waals surface area (Å²) in [5.74, 6) is 3.19. The van der Waals surface area contributed by atoms with Crippen molar-refractivity contribution < 1.29 is 14.6 Å². The number of fused-ring (bicyclic) bond motifs is 2. The third kappa shape index (κ3) is 3.34. The van der Waals surface area contributed by atoms with Crippen LogP contribution in [-0.4, -0.2) is 27.3 Å². The van der Waals surface area contributed by atoms with Gasteiger partial charge in [-0.25, -0.2) is 0 Å². The lowest BCUT2D eigenvalue weighted by Crippen LogP contribution is -2.30. The van der Waals surface area contributed by atoms with E-state index >= 15 is 0 Å². The van der Waals surface area contributed by atoms with Gasteiger partial charge in [0.1, 0.15) is 11.5 Å². The van der Waals surface area contributed by atoms with E-state index in [2.05, 4.69) is 15.5 Å². The molecular weight excluding hydrogens is 318 g/mol. The smallest absolute Gasteiger partial charge is 0.266 e. The van der Waals surface area contributed by atoms with Crippen molar-refractivity contribution in [3.63, 3.8) is 0 Å². The maximum Gasteiger partial charge on any atom is 0.266 e. The summed E-state index contributed by atoms with van der Waals surface area (Å²) in [5.41, 5.74) is 1.13. The van der Waals surface area contributed by atoms with Crippen molar-refractivity contribution >= 4 is 11.7 Å². The lowest BCUT2D eigenvalue weighted by molar-refractivity contribution is -0.122. The van der Waals surface area contributed by atoms with Crippen LogP contribution in [0.5, 0.6) is 11.5 Å². The monoisotopic (exact) mass is 341 g/mol. The number of benzene rings is 1. The van der Waals surface area contributed by atoms with Crippen LogP contribution in [0, 0.1) is 11.8 Å². The number of aromatic hydroxyl groups is 1. The number of ether oxygens (including phenoxy) is 1. The summed E-state index contributed by atoms with van der Waals surface area (Å²) < 4.78 is 5.59. The Hall–Kier alpha value is -2.50. The molecule has 3 unspecified atom stereocenters. The molecule has 1 aromatic heterocycles. The third-order valence-electron chi connectivity index (χ3n) is 5.51. The SMILES string of the molecule is C[C@@H](Oc1ccc(O)cc1)C(=O)Nc1cc(C2CC3CCC2C3)[nH]n1. The summed E-state index contributed by atoms with van der Waals surface area (Å²) in [6.45, 7) is 1.69. The Morgan fingerprint density at radius 1 is 1.32 bits per heavy atom. The molecule has 0 aliphatic heterocycles. The average Bonchev–Trinajstić information content (AvgIpc) is 3.33. The number of aromatic amines is 1. The first-order chi connectivity index (χ1) is 12.1. The van der Waals surface area contributed by atoms with Gasteiger partial charge < -0.3 is 15.2 Å². The van der Waals surface area contributed by atoms with Crippen LogP contribution < -0.4 is 10.1 Å². The second kappa shape index (κ2) is 6.43. The zero-order chi connectivity index (χ0) is 17.4. The molecule has 2 aliphatic carbocycles. The summed E-state index contributed by atoms with van der Waals surface area (Å²) in [7, 11) is 0. The number of H-pyrrole nitrogens is 1. The standard InChI is InChI=1S/C19H23N3O3/c1-11(25-15-6-4-14(23)5-7-15)19(24)20-18-10-17(21-22-18)16-9-12-2-3-13(16)8-12/h4-7,10-13,16,23H,2-3,8-9H2,1H3,(H2,20,21,22,24)/t11-,12?,13?,16?/m1/s1. The Labute approximate surface area is 146 Å². The van der Waals surface area contributed by atoms with Gasteiger partial charge in [0.25, 0.3) is 5.91 Å². The molecule has 25 heavy (non-hydrogen) atoms. The zero-order valence-electron chi connectivity index (χ0n) is 14.2. The molecule has 2 saturated carbocycles. The maximum absolute atomic E-state index is 12.3. The second-order valence-corrected chi connectivity index (χ2v) is 7.23. The minimum absolute atomic E-state index is 0.161. The van der Waals surface area contributed by atoms with E-state index in [9.17, 15) is 9.90 Å². The molecule has 6 nitrogen and oxygen atoms in total. The van der Waals surface area contributed by atoms with Crippen molar-refractivity contribution in [1.29, 1.82) is 0 Å². The first kappa shape index (κ1) is 16.0. The molecule has 0 spiro atoms. The molecule has 4 atom stereocenters. The molecule has 1 aromatic carbocycles. The number of carbonyl (C=O) groups excluding carboxylic acids is 1. The van der Waals surface area contributed by atoms with Crippen LogP contribution in [0.4, 0.5) is 5.82 Å². The van der Waals surface area contributed by atoms with Crippen molar-refractivity contribution in [2.75, 3.05) is 5.32 Å². The van der Waals surface area contributed by atoms with E-state index in [-0.39, 0.29) is 11.7 Å². The van der Waals surface area contributed by atoms with Gasteiger partial charge >= 0.3 is 0 Å². The second-order valence-electron chi connectivity index (χ2n) is 7.23. The van der Waals surface area contributed by atoms with Crippen molar-refractivity contribution in [2.45, 2.75) is 44.6 Å². The van der Waals surface area contributed by atoms with E-state index in [1.807, 2.05) is 6.07 Å². The predicted octanol–water partition coefficient (Wildman–Crippen LogP) is 3.42. The normalized spacial score (nSPS) is 25.7. The van der Waals surface area contributed by atoms with Crippen LogP contribution in [0.25, 0.3) is 0 Å². The Kier molecular flexibility index (Phi) is 4.11. The fraction of sp³-hybridized carbons (Fsp3) is 0.474. The molecule has 132 valence electrons. The van der Waals surface area contributed by atoms with E-state index < -0.39 is 6.10 Å². The van der Waals surface area contributed by atoms with Crippen LogP contribution in [0.3, 0.4) is 0 Å². The highest BCUT2D eigenvalue weighted by Crippen LogP contribution is 2.52. The molecular formula is C19H23N3O3. The van der Waals surface area contributed by atoms with E-state index in [1.54, 1.807) is 19.1 Å². The van der Waals surface area contributed by atoms with Gasteiger partial charge in [0.05, 0.1) is 0 Å². The highest BCUT2D eigenvalue weighted by Gasteiger charge is 2.41. The fourth-order valence-corrected chi connectivity index (χ4v) is 4.23. The quantitative estimate of drug-likeness (QED) is 0.777. The van der Waals surface area contributed by atoms with Crippen molar-refractivity contribution in [1.82, 2.24) is 10.2 Å². The van der Waals surface area contributed by atoms with E-state index in [1.165, 1.54) is 37.8 Å². The first-order valence-corrected chi connectivity index (χ1v) is 8.90. The number of carbonyl (C=O) groups is 1. The average molecular weight is 341 g/mol. The number of hydrogen-bond acceptors (Lipinski definition) is 4. The molecule has 1 heterocycles. The summed E-state index contributed by atoms with van der Waals surface area (Å²) in [4.78, 5) is 12.3. The molecule has 4 rings (SSSR count). The molecule has 3 N–H and O–H groups in total. The van der Waals surface area contributed by atoms with Crippen molar-refractivity contribution in [3.05, 3.63) is 36.0 Å². The topological polar surface area (TPSA) is 87.2 Å². The number of anilines is 1. The predicted molar refractivity (Wildman–Crippen MR) is 93.6 cm³/mol. The number of rotatable bonds is 5. The van der Waals surface area contributed by atoms with Crippen LogP contribution in [-0.2, 0) is 4.79 Å². The Morgan fingerprint density at radius 2 is 2.12 bits per heavy atom. The summed E-state index contributed by atoms with van der Waals surface area (Å²) >= 11 is 0. The molecule has 1 amide bonds. The van der Waals surface area contributed by atoms with Gasteiger partial charge in [-0.2, -0.15) is 5.10 Å². The van der Waals surface area contributed by atoms with Gasteiger partial charge in [0.15, 0.2) is 11.9 Å². The summed E-state index contributed by atoms with van der Waals surface area (Å²) in [6, 6.07) is 8.25. The molecule has 6 heteroatoms. The summed E-state index contributed by atoms with van der Waals surface area (Å²) in [6.07, 6.45) is 4.59. The third-order valence-corrected chi connectivity index (χ3v) is 5.51. The van der Waals surface area contributed by atoms with Crippen molar-refractivity contribution in [3.8, 4) is 11.5 Å². The van der Waals surface area contributed by atoms with E-state index in [0.717, 1.165) is 17.5 Å². The molecule has 2 fully saturated rings. The Morgan fingerprint density at radius 3 is 2.80 bits per heavy atom. The molecule has 2 aromatic rings. The van der Waals surface area contributed by atoms with Gasteiger partial charge in [-0.15, -0.1) is 0 Å². The number of phenolic OH excluding ortho intramolecular Hbond substituents is 1. The van der Waals surface area contributed by atoms with Crippen LogP contribution in [0.15, 0.2) is 30.3 Å². The molecule has 0 saturated heterocycles.